The van der Waals surface area contributed by atoms with Crippen molar-refractivity contribution in [1.29, 1.82) is 0 Å². The quantitative estimate of drug-likeness (QED) is 0.857. The van der Waals surface area contributed by atoms with Crippen molar-refractivity contribution >= 4 is 26.5 Å². The molecule has 2 heterocycles. The van der Waals surface area contributed by atoms with E-state index >= 15 is 0 Å². The maximum atomic E-state index is 14.2. The van der Waals surface area contributed by atoms with E-state index in [-0.39, 0.29) is 6.04 Å². The van der Waals surface area contributed by atoms with Crippen LogP contribution in [0.1, 0.15) is 12.0 Å². The standard InChI is InChI=1S/C16H19F3N2OS/c1-21-6-5-13(12(17)8-21)20-14-4-2-3-11-10(7-15(18)19)9-23(22)16(11)14/h2-4,9,12-13,15,20H,5-8H2,1H3/t12-,13-,23?/m0/s1. The number of piperidine rings is 1. The molecule has 1 aliphatic heterocycles. The van der Waals surface area contributed by atoms with Gasteiger partial charge in [0.15, 0.2) is 0 Å². The summed E-state index contributed by atoms with van der Waals surface area (Å²) in [5.74, 6) is 0. The number of hydrogen-bond acceptors (Lipinski definition) is 3. The number of halogens is 3. The van der Waals surface area contributed by atoms with E-state index in [2.05, 4.69) is 5.32 Å². The zero-order valence-electron chi connectivity index (χ0n) is 12.8. The van der Waals surface area contributed by atoms with Crippen LogP contribution in [0.5, 0.6) is 0 Å². The van der Waals surface area contributed by atoms with Gasteiger partial charge >= 0.3 is 0 Å². The summed E-state index contributed by atoms with van der Waals surface area (Å²) >= 11 is 0. The first-order chi connectivity index (χ1) is 11.0. The Hall–Kier alpha value is -1.31. The largest absolute Gasteiger partial charge is 0.590 e. The highest BCUT2D eigenvalue weighted by Gasteiger charge is 2.29. The second-order valence-electron chi connectivity index (χ2n) is 6.04. The smallest absolute Gasteiger partial charge is 0.242 e. The lowest BCUT2D eigenvalue weighted by Crippen LogP contribution is -2.46. The van der Waals surface area contributed by atoms with E-state index in [0.29, 0.717) is 34.3 Å². The summed E-state index contributed by atoms with van der Waals surface area (Å²) in [6, 6.07) is 4.81. The molecule has 3 atom stereocenters. The van der Waals surface area contributed by atoms with Gasteiger partial charge in [-0.25, -0.2) is 13.2 Å². The normalized spacial score (nSPS) is 23.7. The number of nitrogens with one attached hydrogen (secondary N) is 1. The van der Waals surface area contributed by atoms with Crippen LogP contribution in [-0.2, 0) is 6.42 Å². The SMILES string of the molecule is CN1CC[C@H](Nc2cccc3c(CC(F)F)c[s+]([O-])c23)[C@@H](F)C1. The molecule has 1 saturated heterocycles. The second-order valence-corrected chi connectivity index (χ2v) is 7.27. The number of rotatable bonds is 4. The first kappa shape index (κ1) is 16.5. The Bertz CT molecular complexity index is 691. The van der Waals surface area contributed by atoms with Crippen LogP contribution in [0.3, 0.4) is 0 Å². The third-order valence-corrected chi connectivity index (χ3v) is 5.61. The predicted molar refractivity (Wildman–Crippen MR) is 86.7 cm³/mol. The topological polar surface area (TPSA) is 38.3 Å². The number of thiophene rings is 1. The van der Waals surface area contributed by atoms with E-state index in [9.17, 15) is 17.7 Å². The van der Waals surface area contributed by atoms with E-state index in [1.807, 2.05) is 11.9 Å². The van der Waals surface area contributed by atoms with Gasteiger partial charge in [0.1, 0.15) is 11.6 Å². The van der Waals surface area contributed by atoms with Gasteiger partial charge < -0.3 is 14.8 Å². The summed E-state index contributed by atoms with van der Waals surface area (Å²) in [5, 5.41) is 5.10. The molecule has 23 heavy (non-hydrogen) atoms. The highest BCUT2D eigenvalue weighted by Crippen LogP contribution is 2.39. The number of hydrogen-bond donors (Lipinski definition) is 1. The van der Waals surface area contributed by atoms with Crippen molar-refractivity contribution in [2.75, 3.05) is 25.5 Å². The Morgan fingerprint density at radius 3 is 2.91 bits per heavy atom. The number of likely N-dealkylation sites (tertiary alicyclic amines) is 1. The van der Waals surface area contributed by atoms with Crippen LogP contribution >= 0.6 is 10.8 Å². The molecule has 0 aliphatic carbocycles. The fourth-order valence-corrected chi connectivity index (χ4v) is 4.47. The van der Waals surface area contributed by atoms with Gasteiger partial charge in [-0.2, -0.15) is 0 Å². The van der Waals surface area contributed by atoms with Crippen molar-refractivity contribution in [2.45, 2.75) is 31.5 Å². The van der Waals surface area contributed by atoms with Gasteiger partial charge in [-0.15, -0.1) is 0 Å². The first-order valence-electron chi connectivity index (χ1n) is 7.57. The Balaban J connectivity index is 1.91. The molecule has 3 rings (SSSR count). The first-order valence-corrected chi connectivity index (χ1v) is 8.79. The summed E-state index contributed by atoms with van der Waals surface area (Å²) < 4.78 is 52.3. The molecule has 2 aromatic rings. The van der Waals surface area contributed by atoms with E-state index in [1.54, 1.807) is 18.2 Å². The fraction of sp³-hybridized carbons (Fsp3) is 0.500. The molecule has 0 radical (unpaired) electrons. The van der Waals surface area contributed by atoms with Gasteiger partial charge in [0.2, 0.25) is 11.1 Å². The molecule has 1 aromatic heterocycles. The van der Waals surface area contributed by atoms with Gasteiger partial charge in [-0.1, -0.05) is 6.07 Å². The Kier molecular flexibility index (Phi) is 4.79. The molecule has 0 saturated carbocycles. The Morgan fingerprint density at radius 1 is 1.43 bits per heavy atom. The zero-order chi connectivity index (χ0) is 16.6. The third kappa shape index (κ3) is 3.46. The lowest BCUT2D eigenvalue weighted by molar-refractivity contribution is 0.149. The molecule has 126 valence electrons. The van der Waals surface area contributed by atoms with Gasteiger partial charge in [-0.3, -0.25) is 0 Å². The molecule has 0 bridgehead atoms. The van der Waals surface area contributed by atoms with Gasteiger partial charge in [0, 0.05) is 30.5 Å². The number of anilines is 1. The number of fused-ring (bicyclic) bond motifs is 1. The van der Waals surface area contributed by atoms with Crippen LogP contribution in [-0.4, -0.2) is 48.2 Å². The van der Waals surface area contributed by atoms with Crippen LogP contribution in [0.15, 0.2) is 23.6 Å². The minimum Gasteiger partial charge on any atom is -0.590 e. The maximum absolute atomic E-state index is 14.2. The molecule has 1 aliphatic rings. The lowest BCUT2D eigenvalue weighted by Gasteiger charge is -2.33. The molecular weight excluding hydrogens is 325 g/mol. The van der Waals surface area contributed by atoms with Gasteiger partial charge in [-0.05, 0) is 36.4 Å². The second kappa shape index (κ2) is 6.67. The minimum atomic E-state index is -2.48. The van der Waals surface area contributed by atoms with Crippen molar-refractivity contribution in [2.24, 2.45) is 0 Å². The lowest BCUT2D eigenvalue weighted by atomic mass is 10.0. The average molecular weight is 344 g/mol. The van der Waals surface area contributed by atoms with Crippen LogP contribution < -0.4 is 5.32 Å². The summed E-state index contributed by atoms with van der Waals surface area (Å²) in [7, 11) is 0.404. The molecule has 1 N–H and O–H groups in total. The molecule has 3 nitrogen and oxygen atoms in total. The summed E-state index contributed by atoms with van der Waals surface area (Å²) in [4.78, 5) is 1.93. The summed E-state index contributed by atoms with van der Waals surface area (Å²) in [5.41, 5.74) is 0.982. The summed E-state index contributed by atoms with van der Waals surface area (Å²) in [6.45, 7) is 1.13. The number of benzene rings is 1. The molecular formula is C16H19F3N2OS. The van der Waals surface area contributed by atoms with Crippen LogP contribution in [0.25, 0.3) is 10.1 Å². The number of nitrogens with zero attached hydrogens (tertiary/aromatic N) is 1. The van der Waals surface area contributed by atoms with Gasteiger partial charge in [0.25, 0.3) is 0 Å². The van der Waals surface area contributed by atoms with E-state index < -0.39 is 29.8 Å². The van der Waals surface area contributed by atoms with Gasteiger partial charge in [0.05, 0.1) is 11.7 Å². The van der Waals surface area contributed by atoms with Crippen molar-refractivity contribution in [3.05, 3.63) is 29.1 Å². The molecule has 0 spiro atoms. The summed E-state index contributed by atoms with van der Waals surface area (Å²) in [6.07, 6.45) is -3.27. The third-order valence-electron chi connectivity index (χ3n) is 4.27. The predicted octanol–water partition coefficient (Wildman–Crippen LogP) is 3.83. The highest BCUT2D eigenvalue weighted by molar-refractivity contribution is 7.30. The van der Waals surface area contributed by atoms with Crippen LogP contribution in [0.2, 0.25) is 0 Å². The van der Waals surface area contributed by atoms with Crippen molar-refractivity contribution in [1.82, 2.24) is 4.90 Å². The van der Waals surface area contributed by atoms with Crippen molar-refractivity contribution in [3.63, 3.8) is 0 Å². The Labute approximate surface area is 135 Å². The van der Waals surface area contributed by atoms with Crippen molar-refractivity contribution < 1.29 is 17.7 Å². The van der Waals surface area contributed by atoms with E-state index in [4.69, 9.17) is 0 Å². The average Bonchev–Trinajstić information content (AvgIpc) is 2.79. The van der Waals surface area contributed by atoms with E-state index in [0.717, 1.165) is 6.54 Å². The molecule has 1 fully saturated rings. The van der Waals surface area contributed by atoms with Crippen LogP contribution in [0, 0.1) is 0 Å². The van der Waals surface area contributed by atoms with Crippen LogP contribution in [0.4, 0.5) is 18.9 Å². The van der Waals surface area contributed by atoms with Crippen molar-refractivity contribution in [3.8, 4) is 0 Å². The monoisotopic (exact) mass is 344 g/mol. The van der Waals surface area contributed by atoms with E-state index in [1.165, 1.54) is 5.38 Å². The zero-order valence-corrected chi connectivity index (χ0v) is 13.6. The number of alkyl halides is 3. The fourth-order valence-electron chi connectivity index (χ4n) is 3.12. The maximum Gasteiger partial charge on any atom is 0.242 e. The molecule has 0 amide bonds. The minimum absolute atomic E-state index is 0.352. The Morgan fingerprint density at radius 2 is 2.22 bits per heavy atom. The molecule has 7 heteroatoms. The highest BCUT2D eigenvalue weighted by atomic mass is 32.2. The molecule has 1 aromatic carbocycles. The molecule has 1 unspecified atom stereocenters.